The van der Waals surface area contributed by atoms with Crippen LogP contribution in [0.3, 0.4) is 0 Å². The smallest absolute Gasteiger partial charge is 0.254 e. The maximum Gasteiger partial charge on any atom is 0.254 e. The second-order valence-corrected chi connectivity index (χ2v) is 4.99. The van der Waals surface area contributed by atoms with Crippen LogP contribution < -0.4 is 5.32 Å². The minimum atomic E-state index is -2.06. The molecule has 2 rings (SSSR count). The summed E-state index contributed by atoms with van der Waals surface area (Å²) in [7, 11) is 0. The molecule has 1 amide bonds. The van der Waals surface area contributed by atoms with Crippen molar-refractivity contribution in [2.45, 2.75) is 13.0 Å². The Hall–Kier alpha value is -2.41. The van der Waals surface area contributed by atoms with Crippen LogP contribution in [0.1, 0.15) is 27.6 Å². The van der Waals surface area contributed by atoms with Crippen molar-refractivity contribution in [1.82, 2.24) is 5.32 Å². The summed E-state index contributed by atoms with van der Waals surface area (Å²) >= 11 is 0. The molecule has 0 heterocycles. The second kappa shape index (κ2) is 6.78. The number of hydrogen-bond donors (Lipinski definition) is 2. The van der Waals surface area contributed by atoms with Crippen LogP contribution in [0.15, 0.2) is 30.3 Å². The second-order valence-electron chi connectivity index (χ2n) is 4.99. The molecule has 0 aliphatic heterocycles. The first-order chi connectivity index (χ1) is 10.8. The van der Waals surface area contributed by atoms with Crippen LogP contribution in [-0.4, -0.2) is 17.6 Å². The molecule has 0 bridgehead atoms. The number of aliphatic hydroxyl groups is 1. The average Bonchev–Trinajstić information content (AvgIpc) is 2.53. The number of aliphatic hydroxyl groups excluding tert-OH is 1. The largest absolute Gasteiger partial charge is 0.387 e. The van der Waals surface area contributed by atoms with E-state index >= 15 is 0 Å². The lowest BCUT2D eigenvalue weighted by Gasteiger charge is -2.13. The number of benzene rings is 2. The van der Waals surface area contributed by atoms with Crippen LogP contribution in [0.25, 0.3) is 0 Å². The summed E-state index contributed by atoms with van der Waals surface area (Å²) in [5, 5.41) is 12.1. The lowest BCUT2D eigenvalue weighted by atomic mass is 10.1. The summed E-state index contributed by atoms with van der Waals surface area (Å²) in [6.07, 6.45) is -1.09. The maximum absolute atomic E-state index is 13.5. The normalized spacial score (nSPS) is 12.1. The third-order valence-corrected chi connectivity index (χ3v) is 3.23. The molecule has 0 saturated carbocycles. The SMILES string of the molecule is Cc1cccc(C(O)CNC(=O)c2cc(F)c(F)c(F)c2F)c1. The van der Waals surface area contributed by atoms with Gasteiger partial charge in [0.1, 0.15) is 0 Å². The number of carbonyl (C=O) groups is 1. The molecule has 0 radical (unpaired) electrons. The summed E-state index contributed by atoms with van der Waals surface area (Å²) in [6, 6.07) is 7.10. The minimum Gasteiger partial charge on any atom is -0.387 e. The van der Waals surface area contributed by atoms with Gasteiger partial charge in [-0.3, -0.25) is 4.79 Å². The predicted octanol–water partition coefficient (Wildman–Crippen LogP) is 3.01. The molecule has 7 heteroatoms. The van der Waals surface area contributed by atoms with E-state index in [1.54, 1.807) is 18.2 Å². The zero-order valence-corrected chi connectivity index (χ0v) is 12.0. The third-order valence-electron chi connectivity index (χ3n) is 3.23. The van der Waals surface area contributed by atoms with Gasteiger partial charge < -0.3 is 10.4 Å². The Balaban J connectivity index is 2.11. The van der Waals surface area contributed by atoms with Gasteiger partial charge in [0.15, 0.2) is 23.3 Å². The van der Waals surface area contributed by atoms with Gasteiger partial charge in [-0.1, -0.05) is 29.8 Å². The van der Waals surface area contributed by atoms with Crippen molar-refractivity contribution in [1.29, 1.82) is 0 Å². The first-order valence-corrected chi connectivity index (χ1v) is 6.67. The van der Waals surface area contributed by atoms with Gasteiger partial charge >= 0.3 is 0 Å². The van der Waals surface area contributed by atoms with Gasteiger partial charge in [0.05, 0.1) is 11.7 Å². The fraction of sp³-hybridized carbons (Fsp3) is 0.188. The highest BCUT2D eigenvalue weighted by molar-refractivity contribution is 5.94. The summed E-state index contributed by atoms with van der Waals surface area (Å²) < 4.78 is 52.5. The van der Waals surface area contributed by atoms with Gasteiger partial charge in [0.2, 0.25) is 0 Å². The highest BCUT2D eigenvalue weighted by Crippen LogP contribution is 2.19. The molecule has 0 fully saturated rings. The number of rotatable bonds is 4. The van der Waals surface area contributed by atoms with E-state index in [9.17, 15) is 27.5 Å². The molecule has 0 aliphatic carbocycles. The number of halogens is 4. The lowest BCUT2D eigenvalue weighted by Crippen LogP contribution is -2.29. The van der Waals surface area contributed by atoms with Gasteiger partial charge in [-0.15, -0.1) is 0 Å². The van der Waals surface area contributed by atoms with Gasteiger partial charge in [0.25, 0.3) is 5.91 Å². The van der Waals surface area contributed by atoms with Crippen LogP contribution in [0.2, 0.25) is 0 Å². The van der Waals surface area contributed by atoms with E-state index in [1.807, 2.05) is 13.0 Å². The van der Waals surface area contributed by atoms with Crippen LogP contribution in [0, 0.1) is 30.2 Å². The summed E-state index contributed by atoms with van der Waals surface area (Å²) in [5.74, 6) is -8.67. The van der Waals surface area contributed by atoms with E-state index in [2.05, 4.69) is 5.32 Å². The first kappa shape index (κ1) is 17.0. The van der Waals surface area contributed by atoms with Crippen molar-refractivity contribution in [3.8, 4) is 0 Å². The molecule has 3 nitrogen and oxygen atoms in total. The molecule has 23 heavy (non-hydrogen) atoms. The molecule has 2 aromatic rings. The van der Waals surface area contributed by atoms with Crippen molar-refractivity contribution in [3.05, 3.63) is 70.3 Å². The van der Waals surface area contributed by atoms with E-state index in [1.165, 1.54) is 0 Å². The van der Waals surface area contributed by atoms with Crippen LogP contribution >= 0.6 is 0 Å². The molecule has 122 valence electrons. The van der Waals surface area contributed by atoms with Crippen LogP contribution in [-0.2, 0) is 0 Å². The van der Waals surface area contributed by atoms with Crippen molar-refractivity contribution >= 4 is 5.91 Å². The Morgan fingerprint density at radius 1 is 1.13 bits per heavy atom. The zero-order valence-electron chi connectivity index (χ0n) is 12.0. The van der Waals surface area contributed by atoms with Crippen molar-refractivity contribution < 1.29 is 27.5 Å². The molecule has 2 N–H and O–H groups in total. The van der Waals surface area contributed by atoms with E-state index in [0.717, 1.165) is 5.56 Å². The van der Waals surface area contributed by atoms with E-state index in [-0.39, 0.29) is 12.6 Å². The quantitative estimate of drug-likeness (QED) is 0.515. The molecule has 0 aliphatic rings. The van der Waals surface area contributed by atoms with E-state index in [0.29, 0.717) is 5.56 Å². The third kappa shape index (κ3) is 3.68. The van der Waals surface area contributed by atoms with Gasteiger partial charge in [0, 0.05) is 6.54 Å². The van der Waals surface area contributed by atoms with Crippen molar-refractivity contribution in [2.75, 3.05) is 6.54 Å². The first-order valence-electron chi connectivity index (χ1n) is 6.67. The van der Waals surface area contributed by atoms with Crippen molar-refractivity contribution in [2.24, 2.45) is 0 Å². The number of nitrogens with one attached hydrogen (secondary N) is 1. The molecule has 1 atom stereocenters. The Bertz CT molecular complexity index is 749. The molecule has 0 aromatic heterocycles. The van der Waals surface area contributed by atoms with Gasteiger partial charge in [-0.2, -0.15) is 0 Å². The molecule has 1 unspecified atom stereocenters. The standard InChI is InChI=1S/C16H13F4NO2/c1-8-3-2-4-9(5-8)12(22)7-21-16(23)10-6-11(17)14(19)15(20)13(10)18/h2-6,12,22H,7H2,1H3,(H,21,23). The van der Waals surface area contributed by atoms with Crippen LogP contribution in [0.5, 0.6) is 0 Å². The van der Waals surface area contributed by atoms with Gasteiger partial charge in [-0.05, 0) is 18.6 Å². The van der Waals surface area contributed by atoms with E-state index < -0.39 is 40.8 Å². The Morgan fingerprint density at radius 3 is 2.48 bits per heavy atom. The maximum atomic E-state index is 13.5. The number of hydrogen-bond acceptors (Lipinski definition) is 2. The molecular weight excluding hydrogens is 314 g/mol. The topological polar surface area (TPSA) is 49.3 Å². The van der Waals surface area contributed by atoms with Crippen molar-refractivity contribution in [3.63, 3.8) is 0 Å². The summed E-state index contributed by atoms with van der Waals surface area (Å²) in [4.78, 5) is 11.8. The van der Waals surface area contributed by atoms with E-state index in [4.69, 9.17) is 0 Å². The Kier molecular flexibility index (Phi) is 5.00. The highest BCUT2D eigenvalue weighted by atomic mass is 19.2. The zero-order chi connectivity index (χ0) is 17.1. The average molecular weight is 327 g/mol. The highest BCUT2D eigenvalue weighted by Gasteiger charge is 2.23. The fourth-order valence-corrected chi connectivity index (χ4v) is 2.02. The summed E-state index contributed by atoms with van der Waals surface area (Å²) in [5.41, 5.74) is 0.432. The molecule has 0 saturated heterocycles. The number of carbonyl (C=O) groups excluding carboxylic acids is 1. The van der Waals surface area contributed by atoms with Gasteiger partial charge in [-0.25, -0.2) is 17.6 Å². The molecule has 0 spiro atoms. The Morgan fingerprint density at radius 2 is 1.83 bits per heavy atom. The van der Waals surface area contributed by atoms with Crippen LogP contribution in [0.4, 0.5) is 17.6 Å². The Labute approximate surface area is 129 Å². The molecular formula is C16H13F4NO2. The number of aryl methyl sites for hydroxylation is 1. The fourth-order valence-electron chi connectivity index (χ4n) is 2.02. The molecule has 2 aromatic carbocycles. The summed E-state index contributed by atoms with van der Waals surface area (Å²) in [6.45, 7) is 1.51. The number of amides is 1. The monoisotopic (exact) mass is 327 g/mol. The minimum absolute atomic E-state index is 0.266. The lowest BCUT2D eigenvalue weighted by molar-refractivity contribution is 0.0910. The predicted molar refractivity (Wildman–Crippen MR) is 74.7 cm³/mol.